The zero-order chi connectivity index (χ0) is 17.8. The molecule has 0 aliphatic carbocycles. The van der Waals surface area contributed by atoms with Gasteiger partial charge in [0.1, 0.15) is 10.8 Å². The van der Waals surface area contributed by atoms with Crippen molar-refractivity contribution in [3.8, 4) is 11.3 Å². The molecule has 0 amide bonds. The van der Waals surface area contributed by atoms with Crippen LogP contribution in [0.15, 0.2) is 53.9 Å². The Bertz CT molecular complexity index is 945. The van der Waals surface area contributed by atoms with Crippen LogP contribution in [0.2, 0.25) is 0 Å². The molecular weight excluding hydrogens is 328 g/mol. The fourth-order valence-electron chi connectivity index (χ4n) is 2.81. The second-order valence-electron chi connectivity index (χ2n) is 5.66. The van der Waals surface area contributed by atoms with E-state index in [1.54, 1.807) is 7.11 Å². The second kappa shape index (κ2) is 7.33. The molecule has 0 unspecified atom stereocenters. The number of thiazole rings is 1. The van der Waals surface area contributed by atoms with Gasteiger partial charge in [0.25, 0.3) is 5.70 Å². The lowest BCUT2D eigenvalue weighted by Gasteiger charge is -2.14. The summed E-state index contributed by atoms with van der Waals surface area (Å²) in [4.78, 5) is 8.42. The molecule has 0 aliphatic heterocycles. The van der Waals surface area contributed by atoms with Crippen LogP contribution in [0.25, 0.3) is 27.6 Å². The van der Waals surface area contributed by atoms with Gasteiger partial charge in [0.2, 0.25) is 0 Å². The van der Waals surface area contributed by atoms with Gasteiger partial charge in [-0.05, 0) is 25.0 Å². The largest absolute Gasteiger partial charge is 0.507 e. The van der Waals surface area contributed by atoms with E-state index in [-0.39, 0.29) is 0 Å². The topological polar surface area (TPSA) is 26.5 Å². The second-order valence-corrected chi connectivity index (χ2v) is 6.52. The molecule has 3 aromatic rings. The zero-order valence-electron chi connectivity index (χ0n) is 14.4. The number of hydrogen-bond donors (Lipinski definition) is 0. The van der Waals surface area contributed by atoms with Crippen LogP contribution in [0.5, 0.6) is 0 Å². The van der Waals surface area contributed by atoms with Gasteiger partial charge in [0.05, 0.1) is 19.4 Å². The van der Waals surface area contributed by atoms with Gasteiger partial charge in [0.15, 0.2) is 0 Å². The maximum Gasteiger partial charge on any atom is 0.263 e. The summed E-state index contributed by atoms with van der Waals surface area (Å²) < 4.78 is 5.65. The summed E-state index contributed by atoms with van der Waals surface area (Å²) >= 11 is 1.46. The summed E-state index contributed by atoms with van der Waals surface area (Å²) in [6.45, 7) is 11.7. The molecule has 1 heterocycles. The van der Waals surface area contributed by atoms with Gasteiger partial charge < -0.3 is 4.74 Å². The lowest BCUT2D eigenvalue weighted by atomic mass is 10.00. The summed E-state index contributed by atoms with van der Waals surface area (Å²) in [6.07, 6.45) is 0. The van der Waals surface area contributed by atoms with E-state index in [1.165, 1.54) is 11.3 Å². The van der Waals surface area contributed by atoms with Gasteiger partial charge in [0, 0.05) is 16.5 Å². The zero-order valence-corrected chi connectivity index (χ0v) is 15.2. The first-order valence-electron chi connectivity index (χ1n) is 7.89. The van der Waals surface area contributed by atoms with Crippen molar-refractivity contribution in [3.05, 3.63) is 87.0 Å². The predicted molar refractivity (Wildman–Crippen MR) is 104 cm³/mol. The summed E-state index contributed by atoms with van der Waals surface area (Å²) in [7, 11) is 1.61. The Hall–Kier alpha value is -2.90. The highest BCUT2D eigenvalue weighted by Gasteiger charge is 2.19. The number of ether oxygens (including phenoxy) is 1. The van der Waals surface area contributed by atoms with Crippen molar-refractivity contribution in [2.24, 2.45) is 0 Å². The molecule has 0 spiro atoms. The molecule has 3 rings (SSSR count). The highest BCUT2D eigenvalue weighted by molar-refractivity contribution is 7.11. The summed E-state index contributed by atoms with van der Waals surface area (Å²) in [6, 6.07) is 16.0. The molecule has 3 nitrogen and oxygen atoms in total. The van der Waals surface area contributed by atoms with Gasteiger partial charge in [-0.15, -0.1) is 11.3 Å². The van der Waals surface area contributed by atoms with Crippen LogP contribution >= 0.6 is 11.3 Å². The van der Waals surface area contributed by atoms with E-state index in [0.29, 0.717) is 16.5 Å². The van der Waals surface area contributed by atoms with Gasteiger partial charge in [-0.1, -0.05) is 48.5 Å². The molecule has 124 valence electrons. The van der Waals surface area contributed by atoms with Gasteiger partial charge in [-0.25, -0.2) is 9.83 Å². The van der Waals surface area contributed by atoms with Gasteiger partial charge >= 0.3 is 0 Å². The average molecular weight is 346 g/mol. The van der Waals surface area contributed by atoms with Gasteiger partial charge in [-0.3, -0.25) is 0 Å². The maximum absolute atomic E-state index is 7.69. The smallest absolute Gasteiger partial charge is 0.263 e. The molecule has 2 aromatic carbocycles. The standard InChI is InChI=1S/C21H18N2OS/c1-14-9-8-10-15(2)18(14)20(24-4)19(22-3)21-23-17(13-25-21)16-11-6-5-7-12-16/h5-13H,1-2,4H3/b20-19+. The molecule has 25 heavy (non-hydrogen) atoms. The van der Waals surface area contributed by atoms with Crippen molar-refractivity contribution >= 4 is 22.8 Å². The molecule has 0 saturated carbocycles. The molecule has 0 radical (unpaired) electrons. The Morgan fingerprint density at radius 1 is 1.04 bits per heavy atom. The lowest BCUT2D eigenvalue weighted by molar-refractivity contribution is 0.371. The summed E-state index contributed by atoms with van der Waals surface area (Å²) in [5.74, 6) is 0.583. The molecular formula is C21H18N2OS. The van der Waals surface area contributed by atoms with E-state index in [0.717, 1.165) is 27.9 Å². The van der Waals surface area contributed by atoms with E-state index in [2.05, 4.69) is 9.83 Å². The minimum absolute atomic E-state index is 0.451. The van der Waals surface area contributed by atoms with E-state index in [1.807, 2.05) is 67.8 Å². The van der Waals surface area contributed by atoms with Crippen LogP contribution < -0.4 is 0 Å². The van der Waals surface area contributed by atoms with Crippen LogP contribution in [-0.4, -0.2) is 12.1 Å². The van der Waals surface area contributed by atoms with Crippen molar-refractivity contribution in [3.63, 3.8) is 0 Å². The molecule has 0 N–H and O–H groups in total. The number of rotatable bonds is 4. The quantitative estimate of drug-likeness (QED) is 0.439. The maximum atomic E-state index is 7.69. The predicted octanol–water partition coefficient (Wildman–Crippen LogP) is 5.82. The highest BCUT2D eigenvalue weighted by atomic mass is 32.1. The first kappa shape index (κ1) is 16.9. The van der Waals surface area contributed by atoms with E-state index in [4.69, 9.17) is 11.3 Å². The Balaban J connectivity index is 2.14. The van der Waals surface area contributed by atoms with Gasteiger partial charge in [-0.2, -0.15) is 0 Å². The fraction of sp³-hybridized carbons (Fsp3) is 0.143. The number of aryl methyl sites for hydroxylation is 2. The van der Waals surface area contributed by atoms with E-state index < -0.39 is 0 Å². The summed E-state index contributed by atoms with van der Waals surface area (Å²) in [5, 5.41) is 2.65. The number of hydrogen-bond acceptors (Lipinski definition) is 3. The third kappa shape index (κ3) is 3.33. The Kier molecular flexibility index (Phi) is 4.97. The lowest BCUT2D eigenvalue weighted by Crippen LogP contribution is -1.98. The number of nitrogens with zero attached hydrogens (tertiary/aromatic N) is 2. The highest BCUT2D eigenvalue weighted by Crippen LogP contribution is 2.34. The van der Waals surface area contributed by atoms with Crippen LogP contribution in [0.4, 0.5) is 0 Å². The van der Waals surface area contributed by atoms with Crippen LogP contribution in [0, 0.1) is 20.4 Å². The average Bonchev–Trinajstić information content (AvgIpc) is 3.11. The van der Waals surface area contributed by atoms with E-state index >= 15 is 0 Å². The Morgan fingerprint density at radius 2 is 1.72 bits per heavy atom. The number of methoxy groups -OCH3 is 1. The van der Waals surface area contributed by atoms with Crippen molar-refractivity contribution in [1.29, 1.82) is 0 Å². The number of benzene rings is 2. The van der Waals surface area contributed by atoms with Crippen LogP contribution in [0.1, 0.15) is 21.7 Å². The summed E-state index contributed by atoms with van der Waals surface area (Å²) in [5.41, 5.74) is 5.49. The SMILES string of the molecule is [C-]#[N+]/C(=C(/OC)c1c(C)cccc1C)c1nc(-c2ccccc2)cs1. The van der Waals surface area contributed by atoms with Crippen molar-refractivity contribution in [1.82, 2.24) is 4.98 Å². The first-order chi connectivity index (χ1) is 12.2. The van der Waals surface area contributed by atoms with Crippen molar-refractivity contribution in [2.45, 2.75) is 13.8 Å². The third-order valence-corrected chi connectivity index (χ3v) is 4.86. The minimum atomic E-state index is 0.451. The van der Waals surface area contributed by atoms with Crippen molar-refractivity contribution < 1.29 is 4.74 Å². The first-order valence-corrected chi connectivity index (χ1v) is 8.77. The Morgan fingerprint density at radius 3 is 2.32 bits per heavy atom. The van der Waals surface area contributed by atoms with Crippen molar-refractivity contribution in [2.75, 3.05) is 7.11 Å². The Labute approximate surface area is 152 Å². The normalized spacial score (nSPS) is 11.6. The molecule has 1 aromatic heterocycles. The molecule has 0 aliphatic rings. The molecule has 4 heteroatoms. The molecule has 0 fully saturated rings. The third-order valence-electron chi connectivity index (χ3n) is 4.02. The van der Waals surface area contributed by atoms with E-state index in [9.17, 15) is 0 Å². The number of aromatic nitrogens is 1. The minimum Gasteiger partial charge on any atom is -0.507 e. The van der Waals surface area contributed by atoms with Crippen LogP contribution in [0.3, 0.4) is 0 Å². The van der Waals surface area contributed by atoms with Crippen LogP contribution in [-0.2, 0) is 4.74 Å². The molecule has 0 bridgehead atoms. The molecule has 0 atom stereocenters. The monoisotopic (exact) mass is 346 g/mol. The fourth-order valence-corrected chi connectivity index (χ4v) is 3.62. The molecule has 0 saturated heterocycles.